The summed E-state index contributed by atoms with van der Waals surface area (Å²) in [4.78, 5) is 2.24. The maximum absolute atomic E-state index is 13.0. The molecule has 96 valence electrons. The number of hydrogen-bond donors (Lipinski definition) is 1. The van der Waals surface area contributed by atoms with E-state index in [1.165, 1.54) is 18.9 Å². The molecule has 0 aliphatic carbocycles. The summed E-state index contributed by atoms with van der Waals surface area (Å²) in [7, 11) is 2.08. The molecule has 0 aliphatic rings. The van der Waals surface area contributed by atoms with Gasteiger partial charge in [-0.2, -0.15) is 12.6 Å². The molecule has 1 rings (SSSR count). The average Bonchev–Trinajstić information content (AvgIpc) is 2.28. The highest BCUT2D eigenvalue weighted by Crippen LogP contribution is 2.12. The maximum Gasteiger partial charge on any atom is 0.123 e. The minimum Gasteiger partial charge on any atom is -0.302 e. The normalized spacial score (nSPS) is 13.0. The van der Waals surface area contributed by atoms with E-state index in [0.717, 1.165) is 24.4 Å². The summed E-state index contributed by atoms with van der Waals surface area (Å²) in [6.07, 6.45) is 2.40. The zero-order valence-corrected chi connectivity index (χ0v) is 11.6. The molecule has 0 fully saturated rings. The van der Waals surface area contributed by atoms with E-state index in [1.807, 2.05) is 6.07 Å². The van der Waals surface area contributed by atoms with Crippen molar-refractivity contribution in [1.29, 1.82) is 0 Å². The first kappa shape index (κ1) is 14.5. The van der Waals surface area contributed by atoms with E-state index in [4.69, 9.17) is 0 Å². The van der Waals surface area contributed by atoms with Gasteiger partial charge >= 0.3 is 0 Å². The van der Waals surface area contributed by atoms with Gasteiger partial charge in [-0.25, -0.2) is 4.39 Å². The number of benzene rings is 1. The van der Waals surface area contributed by atoms with E-state index in [2.05, 4.69) is 31.5 Å². The van der Waals surface area contributed by atoms with Crippen LogP contribution in [0.4, 0.5) is 4.39 Å². The summed E-state index contributed by atoms with van der Waals surface area (Å²) in [6.45, 7) is 4.02. The summed E-state index contributed by atoms with van der Waals surface area (Å²) in [5, 5.41) is 0. The molecule has 1 atom stereocenters. The highest BCUT2D eigenvalue weighted by Gasteiger charge is 2.09. The predicted molar refractivity (Wildman–Crippen MR) is 75.0 cm³/mol. The number of thiol groups is 1. The second-order valence-electron chi connectivity index (χ2n) is 4.66. The van der Waals surface area contributed by atoms with Crippen molar-refractivity contribution >= 4 is 12.6 Å². The highest BCUT2D eigenvalue weighted by atomic mass is 32.1. The summed E-state index contributed by atoms with van der Waals surface area (Å²) < 4.78 is 13.0. The van der Waals surface area contributed by atoms with Gasteiger partial charge in [0.1, 0.15) is 5.82 Å². The Hall–Kier alpha value is -0.540. The van der Waals surface area contributed by atoms with Gasteiger partial charge in [0.15, 0.2) is 0 Å². The van der Waals surface area contributed by atoms with Gasteiger partial charge in [0.25, 0.3) is 0 Å². The molecule has 0 spiro atoms. The minimum atomic E-state index is -0.157. The van der Waals surface area contributed by atoms with E-state index in [-0.39, 0.29) is 5.82 Å². The molecular formula is C14H22FNS. The van der Waals surface area contributed by atoms with Gasteiger partial charge in [-0.05, 0) is 42.8 Å². The summed E-state index contributed by atoms with van der Waals surface area (Å²) in [5.74, 6) is 1.39. The van der Waals surface area contributed by atoms with Crippen molar-refractivity contribution in [2.45, 2.75) is 26.3 Å². The molecule has 0 saturated carbocycles. The van der Waals surface area contributed by atoms with Crippen molar-refractivity contribution in [3.8, 4) is 0 Å². The molecule has 1 nitrogen and oxygen atoms in total. The van der Waals surface area contributed by atoms with Crippen LogP contribution in [-0.4, -0.2) is 24.2 Å². The van der Waals surface area contributed by atoms with Crippen molar-refractivity contribution in [3.63, 3.8) is 0 Å². The Balaban J connectivity index is 2.45. The third kappa shape index (κ3) is 5.55. The smallest absolute Gasteiger partial charge is 0.123 e. The Bertz CT molecular complexity index is 330. The van der Waals surface area contributed by atoms with Crippen molar-refractivity contribution in [2.75, 3.05) is 19.3 Å². The van der Waals surface area contributed by atoms with Crippen molar-refractivity contribution in [3.05, 3.63) is 35.6 Å². The molecule has 0 bridgehead atoms. The maximum atomic E-state index is 13.0. The molecule has 17 heavy (non-hydrogen) atoms. The van der Waals surface area contributed by atoms with Crippen LogP contribution < -0.4 is 0 Å². The molecule has 0 radical (unpaired) electrons. The minimum absolute atomic E-state index is 0.157. The largest absolute Gasteiger partial charge is 0.302 e. The molecule has 0 saturated heterocycles. The zero-order valence-electron chi connectivity index (χ0n) is 10.7. The molecule has 0 heterocycles. The Kier molecular flexibility index (Phi) is 6.60. The molecule has 0 amide bonds. The predicted octanol–water partition coefficient (Wildman–Crippen LogP) is 3.60. The standard InChI is InChI=1S/C14H22FNS/c1-3-5-13(11-17)10-16(2)9-12-6-4-7-14(15)8-12/h4,6-8,13,17H,3,5,9-11H2,1-2H3. The second-order valence-corrected chi connectivity index (χ2v) is 5.03. The first-order valence-corrected chi connectivity index (χ1v) is 6.82. The number of hydrogen-bond acceptors (Lipinski definition) is 2. The Labute approximate surface area is 109 Å². The van der Waals surface area contributed by atoms with Crippen LogP contribution in [0.5, 0.6) is 0 Å². The lowest BCUT2D eigenvalue weighted by atomic mass is 10.1. The van der Waals surface area contributed by atoms with Crippen LogP contribution in [0.1, 0.15) is 25.3 Å². The third-order valence-electron chi connectivity index (χ3n) is 2.87. The van der Waals surface area contributed by atoms with E-state index in [0.29, 0.717) is 5.92 Å². The quantitative estimate of drug-likeness (QED) is 0.729. The number of rotatable bonds is 7. The van der Waals surface area contributed by atoms with E-state index < -0.39 is 0 Å². The fraction of sp³-hybridized carbons (Fsp3) is 0.571. The lowest BCUT2D eigenvalue weighted by molar-refractivity contribution is 0.273. The van der Waals surface area contributed by atoms with Crippen LogP contribution in [-0.2, 0) is 6.54 Å². The lowest BCUT2D eigenvalue weighted by Gasteiger charge is -2.22. The summed E-state index contributed by atoms with van der Waals surface area (Å²) in [5.41, 5.74) is 1.03. The second kappa shape index (κ2) is 7.72. The van der Waals surface area contributed by atoms with Crippen molar-refractivity contribution in [2.24, 2.45) is 5.92 Å². The van der Waals surface area contributed by atoms with Gasteiger partial charge < -0.3 is 4.90 Å². The summed E-state index contributed by atoms with van der Waals surface area (Å²) >= 11 is 4.38. The average molecular weight is 255 g/mol. The van der Waals surface area contributed by atoms with Crippen LogP contribution >= 0.6 is 12.6 Å². The Morgan fingerprint density at radius 3 is 2.76 bits per heavy atom. The number of halogens is 1. The van der Waals surface area contributed by atoms with E-state index in [1.54, 1.807) is 12.1 Å². The van der Waals surface area contributed by atoms with Gasteiger partial charge in [0.05, 0.1) is 0 Å². The number of nitrogens with zero attached hydrogens (tertiary/aromatic N) is 1. The molecule has 1 aromatic rings. The SMILES string of the molecule is CCCC(CS)CN(C)Cc1cccc(F)c1. The van der Waals surface area contributed by atoms with Gasteiger partial charge in [0, 0.05) is 13.1 Å². The van der Waals surface area contributed by atoms with Crippen LogP contribution in [0.2, 0.25) is 0 Å². The van der Waals surface area contributed by atoms with Gasteiger partial charge in [-0.3, -0.25) is 0 Å². The molecule has 1 aromatic carbocycles. The first-order chi connectivity index (χ1) is 8.15. The lowest BCUT2D eigenvalue weighted by Crippen LogP contribution is -2.26. The highest BCUT2D eigenvalue weighted by molar-refractivity contribution is 7.80. The topological polar surface area (TPSA) is 3.24 Å². The molecular weight excluding hydrogens is 233 g/mol. The van der Waals surface area contributed by atoms with Crippen LogP contribution in [0.3, 0.4) is 0 Å². The first-order valence-electron chi connectivity index (χ1n) is 6.19. The molecule has 1 unspecified atom stereocenters. The molecule has 3 heteroatoms. The molecule has 0 aromatic heterocycles. The summed E-state index contributed by atoms with van der Waals surface area (Å²) in [6, 6.07) is 6.82. The monoisotopic (exact) mass is 255 g/mol. The fourth-order valence-electron chi connectivity index (χ4n) is 2.10. The Morgan fingerprint density at radius 2 is 2.18 bits per heavy atom. The fourth-order valence-corrected chi connectivity index (χ4v) is 2.40. The third-order valence-corrected chi connectivity index (χ3v) is 3.38. The van der Waals surface area contributed by atoms with E-state index in [9.17, 15) is 4.39 Å². The molecule has 0 aliphatic heterocycles. The van der Waals surface area contributed by atoms with Gasteiger partial charge in [0.2, 0.25) is 0 Å². The van der Waals surface area contributed by atoms with Gasteiger partial charge in [-0.15, -0.1) is 0 Å². The van der Waals surface area contributed by atoms with Crippen molar-refractivity contribution in [1.82, 2.24) is 4.90 Å². The van der Waals surface area contributed by atoms with Crippen LogP contribution in [0.15, 0.2) is 24.3 Å². The van der Waals surface area contributed by atoms with Crippen LogP contribution in [0.25, 0.3) is 0 Å². The van der Waals surface area contributed by atoms with Crippen LogP contribution in [0, 0.1) is 11.7 Å². The van der Waals surface area contributed by atoms with Gasteiger partial charge in [-0.1, -0.05) is 25.5 Å². The van der Waals surface area contributed by atoms with E-state index >= 15 is 0 Å². The Morgan fingerprint density at radius 1 is 1.41 bits per heavy atom. The molecule has 0 N–H and O–H groups in total. The zero-order chi connectivity index (χ0) is 12.7. The van der Waals surface area contributed by atoms with Crippen molar-refractivity contribution < 1.29 is 4.39 Å².